The van der Waals surface area contributed by atoms with E-state index in [1.165, 1.54) is 11.4 Å². The molecule has 2 aliphatic rings. The number of nitrogens with zero attached hydrogens (tertiary/aromatic N) is 1. The molecule has 23 heavy (non-hydrogen) atoms. The predicted octanol–water partition coefficient (Wildman–Crippen LogP) is 2.84. The molecule has 3 rings (SSSR count). The lowest BCUT2D eigenvalue weighted by Crippen LogP contribution is -2.38. The van der Waals surface area contributed by atoms with Gasteiger partial charge in [0.2, 0.25) is 10.0 Å². The number of benzene rings is 1. The van der Waals surface area contributed by atoms with Gasteiger partial charge in [-0.2, -0.15) is 0 Å². The van der Waals surface area contributed by atoms with Gasteiger partial charge in [0.1, 0.15) is 0 Å². The number of anilines is 1. The topological polar surface area (TPSA) is 63.7 Å². The van der Waals surface area contributed by atoms with Crippen LogP contribution in [0.2, 0.25) is 0 Å². The van der Waals surface area contributed by atoms with Crippen molar-refractivity contribution in [2.24, 2.45) is 0 Å². The standard InChI is InChI=1S/C17H21NO4S/c1-22-17(19)15-10-14(13-6-2-3-7-13)11-16(12-15)18-8-4-5-9-23(18,20)21/h2,6,10-13H,3-5,7-9H2,1H3. The van der Waals surface area contributed by atoms with Gasteiger partial charge in [-0.1, -0.05) is 12.2 Å². The molecular formula is C17H21NO4S. The van der Waals surface area contributed by atoms with E-state index in [9.17, 15) is 13.2 Å². The van der Waals surface area contributed by atoms with E-state index in [1.54, 1.807) is 6.07 Å². The number of sulfonamides is 1. The summed E-state index contributed by atoms with van der Waals surface area (Å²) < 4.78 is 31.0. The number of rotatable bonds is 3. The zero-order valence-corrected chi connectivity index (χ0v) is 14.0. The van der Waals surface area contributed by atoms with E-state index in [-0.39, 0.29) is 11.7 Å². The van der Waals surface area contributed by atoms with Crippen molar-refractivity contribution in [2.75, 3.05) is 23.7 Å². The van der Waals surface area contributed by atoms with E-state index in [0.29, 0.717) is 24.2 Å². The summed E-state index contributed by atoms with van der Waals surface area (Å²) in [7, 11) is -1.97. The van der Waals surface area contributed by atoms with Crippen LogP contribution in [-0.2, 0) is 14.8 Å². The molecule has 1 aromatic rings. The Morgan fingerprint density at radius 2 is 2.09 bits per heavy atom. The third-order valence-electron chi connectivity index (χ3n) is 4.44. The van der Waals surface area contributed by atoms with Crippen molar-refractivity contribution in [1.82, 2.24) is 0 Å². The minimum Gasteiger partial charge on any atom is -0.465 e. The molecule has 1 unspecified atom stereocenters. The lowest BCUT2D eigenvalue weighted by Gasteiger charge is -2.29. The third kappa shape index (κ3) is 3.27. The number of hydrogen-bond donors (Lipinski definition) is 0. The summed E-state index contributed by atoms with van der Waals surface area (Å²) in [6.45, 7) is 0.465. The van der Waals surface area contributed by atoms with Crippen molar-refractivity contribution in [3.63, 3.8) is 0 Å². The maximum Gasteiger partial charge on any atom is 0.337 e. The van der Waals surface area contributed by atoms with Crippen molar-refractivity contribution in [1.29, 1.82) is 0 Å². The molecule has 6 heteroatoms. The SMILES string of the molecule is COC(=O)c1cc(C2C=CCC2)cc(N2CCCCS2(=O)=O)c1. The van der Waals surface area contributed by atoms with Crippen molar-refractivity contribution in [3.05, 3.63) is 41.5 Å². The number of methoxy groups -OCH3 is 1. The van der Waals surface area contributed by atoms with Gasteiger partial charge in [0.25, 0.3) is 0 Å². The van der Waals surface area contributed by atoms with E-state index in [4.69, 9.17) is 4.74 Å². The quantitative estimate of drug-likeness (QED) is 0.629. The van der Waals surface area contributed by atoms with Gasteiger partial charge in [-0.25, -0.2) is 13.2 Å². The van der Waals surface area contributed by atoms with E-state index in [2.05, 4.69) is 12.2 Å². The second-order valence-electron chi connectivity index (χ2n) is 6.01. The molecule has 0 N–H and O–H groups in total. The van der Waals surface area contributed by atoms with Crippen LogP contribution in [0.3, 0.4) is 0 Å². The molecule has 124 valence electrons. The Morgan fingerprint density at radius 3 is 2.74 bits per heavy atom. The Labute approximate surface area is 137 Å². The Balaban J connectivity index is 2.06. The number of ether oxygens (including phenoxy) is 1. The van der Waals surface area contributed by atoms with Gasteiger partial charge < -0.3 is 4.74 Å². The maximum absolute atomic E-state index is 12.4. The highest BCUT2D eigenvalue weighted by atomic mass is 32.2. The fourth-order valence-electron chi connectivity index (χ4n) is 3.22. The first-order valence-electron chi connectivity index (χ1n) is 7.91. The average molecular weight is 335 g/mol. The molecule has 5 nitrogen and oxygen atoms in total. The zero-order chi connectivity index (χ0) is 16.4. The lowest BCUT2D eigenvalue weighted by molar-refractivity contribution is 0.0600. The van der Waals surface area contributed by atoms with Crippen LogP contribution in [0.1, 0.15) is 47.5 Å². The van der Waals surface area contributed by atoms with E-state index in [0.717, 1.165) is 24.8 Å². The van der Waals surface area contributed by atoms with Crippen molar-refractivity contribution in [3.8, 4) is 0 Å². The van der Waals surface area contributed by atoms with Crippen LogP contribution in [0.25, 0.3) is 0 Å². The van der Waals surface area contributed by atoms with Gasteiger partial charge in [0, 0.05) is 12.5 Å². The van der Waals surface area contributed by atoms with Crippen LogP contribution >= 0.6 is 0 Å². The molecule has 1 atom stereocenters. The second-order valence-corrected chi connectivity index (χ2v) is 8.02. The molecule has 1 aliphatic carbocycles. The average Bonchev–Trinajstić information content (AvgIpc) is 3.07. The van der Waals surface area contributed by atoms with E-state index < -0.39 is 16.0 Å². The summed E-state index contributed by atoms with van der Waals surface area (Å²) in [6.07, 6.45) is 7.74. The fraction of sp³-hybridized carbons (Fsp3) is 0.471. The lowest BCUT2D eigenvalue weighted by atomic mass is 9.96. The van der Waals surface area contributed by atoms with Crippen molar-refractivity contribution in [2.45, 2.75) is 31.6 Å². The first-order chi connectivity index (χ1) is 11.0. The highest BCUT2D eigenvalue weighted by Gasteiger charge is 2.28. The van der Waals surface area contributed by atoms with Crippen LogP contribution in [0.4, 0.5) is 5.69 Å². The highest BCUT2D eigenvalue weighted by Crippen LogP contribution is 2.33. The molecular weight excluding hydrogens is 314 g/mol. The number of carbonyl (C=O) groups is 1. The van der Waals surface area contributed by atoms with Crippen molar-refractivity contribution >= 4 is 21.7 Å². The molecule has 1 heterocycles. The normalized spacial score (nSPS) is 23.0. The number of hydrogen-bond acceptors (Lipinski definition) is 4. The highest BCUT2D eigenvalue weighted by molar-refractivity contribution is 7.92. The van der Waals surface area contributed by atoms with Gasteiger partial charge in [0.05, 0.1) is 24.1 Å². The van der Waals surface area contributed by atoms with Crippen LogP contribution in [0.15, 0.2) is 30.4 Å². The zero-order valence-electron chi connectivity index (χ0n) is 13.2. The molecule has 0 spiro atoms. The number of esters is 1. The Bertz CT molecular complexity index is 739. The van der Waals surface area contributed by atoms with E-state index in [1.807, 2.05) is 12.1 Å². The van der Waals surface area contributed by atoms with E-state index >= 15 is 0 Å². The minimum absolute atomic E-state index is 0.161. The molecule has 0 bridgehead atoms. The Hall–Kier alpha value is -1.82. The van der Waals surface area contributed by atoms with Crippen LogP contribution < -0.4 is 4.31 Å². The van der Waals surface area contributed by atoms with Crippen LogP contribution in [0, 0.1) is 0 Å². The largest absolute Gasteiger partial charge is 0.465 e. The smallest absolute Gasteiger partial charge is 0.337 e. The van der Waals surface area contributed by atoms with Crippen LogP contribution in [-0.4, -0.2) is 33.8 Å². The first-order valence-corrected chi connectivity index (χ1v) is 9.52. The molecule has 0 saturated carbocycles. The molecule has 1 saturated heterocycles. The summed E-state index contributed by atoms with van der Waals surface area (Å²) in [5.41, 5.74) is 1.95. The molecule has 0 aromatic heterocycles. The van der Waals surface area contributed by atoms with Crippen LogP contribution in [0.5, 0.6) is 0 Å². The van der Waals surface area contributed by atoms with Gasteiger partial charge in [-0.3, -0.25) is 4.31 Å². The second kappa shape index (κ2) is 6.35. The van der Waals surface area contributed by atoms with Crippen molar-refractivity contribution < 1.29 is 17.9 Å². The fourth-order valence-corrected chi connectivity index (χ4v) is 4.84. The summed E-state index contributed by atoms with van der Waals surface area (Å²) in [5, 5.41) is 0. The monoisotopic (exact) mass is 335 g/mol. The van der Waals surface area contributed by atoms with Gasteiger partial charge >= 0.3 is 5.97 Å². The minimum atomic E-state index is -3.30. The predicted molar refractivity (Wildman–Crippen MR) is 89.3 cm³/mol. The molecule has 0 radical (unpaired) electrons. The third-order valence-corrected chi connectivity index (χ3v) is 6.31. The summed E-state index contributed by atoms with van der Waals surface area (Å²) >= 11 is 0. The summed E-state index contributed by atoms with van der Waals surface area (Å²) in [5.74, 6) is -0.0518. The number of allylic oxidation sites excluding steroid dienone is 2. The molecule has 1 fully saturated rings. The Kier molecular flexibility index (Phi) is 4.43. The number of carbonyl (C=O) groups excluding carboxylic acids is 1. The molecule has 1 aliphatic heterocycles. The van der Waals surface area contributed by atoms with Gasteiger partial charge in [-0.05, 0) is 49.4 Å². The Morgan fingerprint density at radius 1 is 1.26 bits per heavy atom. The maximum atomic E-state index is 12.4. The van der Waals surface area contributed by atoms with Gasteiger partial charge in [-0.15, -0.1) is 0 Å². The summed E-state index contributed by atoms with van der Waals surface area (Å²) in [6, 6.07) is 5.33. The first kappa shape index (κ1) is 16.1. The summed E-state index contributed by atoms with van der Waals surface area (Å²) in [4.78, 5) is 12.0. The molecule has 1 aromatic carbocycles. The van der Waals surface area contributed by atoms with Gasteiger partial charge in [0.15, 0.2) is 0 Å². The molecule has 0 amide bonds.